The van der Waals surface area contributed by atoms with E-state index in [0.717, 1.165) is 12.8 Å². The molecule has 2 aliphatic rings. The number of nitrogens with two attached hydrogens (primary N) is 1. The number of nitrogen functional groups attached to an aromatic ring is 1. The minimum atomic E-state index is -1.41. The molecular formula is C17H25N7O5. The molecule has 0 bridgehead atoms. The summed E-state index contributed by atoms with van der Waals surface area (Å²) in [5, 5.41) is 36.4. The van der Waals surface area contributed by atoms with Crippen molar-refractivity contribution < 1.29 is 24.9 Å². The fourth-order valence-electron chi connectivity index (χ4n) is 3.84. The number of hydrogen-bond donors (Lipinski definition) is 6. The van der Waals surface area contributed by atoms with E-state index in [1.165, 1.54) is 10.9 Å². The first-order chi connectivity index (χ1) is 13.9. The number of imidazole rings is 1. The van der Waals surface area contributed by atoms with Gasteiger partial charge in [-0.1, -0.05) is 0 Å². The fraction of sp³-hybridized carbons (Fsp3) is 0.647. The third-order valence-electron chi connectivity index (χ3n) is 5.36. The molecule has 2 fully saturated rings. The second-order valence-electron chi connectivity index (χ2n) is 7.33. The summed E-state index contributed by atoms with van der Waals surface area (Å²) in [6.07, 6.45) is -1.83. The molecule has 1 aliphatic heterocycles. The van der Waals surface area contributed by atoms with E-state index in [4.69, 9.17) is 10.5 Å². The molecule has 3 heterocycles. The smallest absolute Gasteiger partial charge is 0.252 e. The number of ether oxygens (including phenoxy) is 1. The SMILES string of the molecule is CCNC(=O)[C@H]1O[C@@H](n2cnc3c(N)nc(N[C@@H]4CCC[C@H]4O)nc32)[C@H](O)[C@@H]1O. The van der Waals surface area contributed by atoms with Crippen LogP contribution in [0.1, 0.15) is 32.4 Å². The van der Waals surface area contributed by atoms with Crippen LogP contribution in [0, 0.1) is 0 Å². The molecule has 1 amide bonds. The zero-order chi connectivity index (χ0) is 20.7. The normalized spacial score (nSPS) is 32.0. The molecule has 2 aromatic heterocycles. The molecule has 158 valence electrons. The quantitative estimate of drug-likeness (QED) is 0.341. The van der Waals surface area contributed by atoms with Crippen molar-refractivity contribution >= 4 is 28.8 Å². The molecule has 12 nitrogen and oxygen atoms in total. The molecule has 0 radical (unpaired) electrons. The van der Waals surface area contributed by atoms with Gasteiger partial charge < -0.3 is 36.4 Å². The van der Waals surface area contributed by atoms with Crippen molar-refractivity contribution in [1.29, 1.82) is 0 Å². The van der Waals surface area contributed by atoms with E-state index in [0.29, 0.717) is 18.5 Å². The van der Waals surface area contributed by atoms with Gasteiger partial charge in [0.1, 0.15) is 17.7 Å². The van der Waals surface area contributed by atoms with Gasteiger partial charge in [-0.3, -0.25) is 9.36 Å². The maximum Gasteiger partial charge on any atom is 0.252 e. The van der Waals surface area contributed by atoms with Crippen molar-refractivity contribution in [3.05, 3.63) is 6.33 Å². The molecule has 1 saturated heterocycles. The lowest BCUT2D eigenvalue weighted by Crippen LogP contribution is -2.42. The van der Waals surface area contributed by atoms with Gasteiger partial charge in [-0.15, -0.1) is 0 Å². The van der Waals surface area contributed by atoms with Gasteiger partial charge in [0.2, 0.25) is 5.95 Å². The summed E-state index contributed by atoms with van der Waals surface area (Å²) in [4.78, 5) is 24.9. The fourth-order valence-corrected chi connectivity index (χ4v) is 3.84. The monoisotopic (exact) mass is 407 g/mol. The lowest BCUT2D eigenvalue weighted by molar-refractivity contribution is -0.137. The van der Waals surface area contributed by atoms with E-state index < -0.39 is 36.6 Å². The highest BCUT2D eigenvalue weighted by atomic mass is 16.6. The van der Waals surface area contributed by atoms with Gasteiger partial charge >= 0.3 is 0 Å². The summed E-state index contributed by atoms with van der Waals surface area (Å²) < 4.78 is 7.05. The van der Waals surface area contributed by atoms with E-state index in [-0.39, 0.29) is 23.5 Å². The van der Waals surface area contributed by atoms with Gasteiger partial charge in [-0.05, 0) is 26.2 Å². The Hall–Kier alpha value is -2.54. The molecule has 29 heavy (non-hydrogen) atoms. The second-order valence-corrected chi connectivity index (χ2v) is 7.33. The van der Waals surface area contributed by atoms with Crippen molar-refractivity contribution in [2.45, 2.75) is 62.9 Å². The topological polar surface area (TPSA) is 181 Å². The molecule has 1 saturated carbocycles. The van der Waals surface area contributed by atoms with Gasteiger partial charge in [-0.2, -0.15) is 9.97 Å². The number of hydrogen-bond acceptors (Lipinski definition) is 10. The number of rotatable bonds is 5. The van der Waals surface area contributed by atoms with Crippen molar-refractivity contribution in [3.63, 3.8) is 0 Å². The number of aliphatic hydroxyl groups excluding tert-OH is 3. The first-order valence-electron chi connectivity index (χ1n) is 9.64. The highest BCUT2D eigenvalue weighted by Gasteiger charge is 2.47. The number of likely N-dealkylation sites (N-methyl/N-ethyl adjacent to an activating group) is 1. The van der Waals surface area contributed by atoms with E-state index >= 15 is 0 Å². The molecule has 6 atom stereocenters. The summed E-state index contributed by atoms with van der Waals surface area (Å²) >= 11 is 0. The Morgan fingerprint density at radius 3 is 2.79 bits per heavy atom. The van der Waals surface area contributed by atoms with Gasteiger partial charge in [0.15, 0.2) is 23.8 Å². The molecule has 12 heteroatoms. The molecule has 1 aliphatic carbocycles. The average Bonchev–Trinajstić information content (AvgIpc) is 3.35. The summed E-state index contributed by atoms with van der Waals surface area (Å²) in [6, 6.07) is -0.180. The largest absolute Gasteiger partial charge is 0.391 e. The Balaban J connectivity index is 1.64. The number of aliphatic hydroxyl groups is 3. The number of nitrogens with zero attached hydrogens (tertiary/aromatic N) is 4. The number of aromatic nitrogens is 4. The Kier molecular flexibility index (Phi) is 5.25. The molecule has 0 aromatic carbocycles. The van der Waals surface area contributed by atoms with E-state index in [2.05, 4.69) is 25.6 Å². The van der Waals surface area contributed by atoms with Crippen molar-refractivity contribution in [2.24, 2.45) is 0 Å². The number of fused-ring (bicyclic) bond motifs is 1. The first-order valence-corrected chi connectivity index (χ1v) is 9.64. The maximum absolute atomic E-state index is 12.1. The molecule has 4 rings (SSSR count). The summed E-state index contributed by atoms with van der Waals surface area (Å²) in [6.45, 7) is 2.11. The van der Waals surface area contributed by atoms with Crippen LogP contribution >= 0.6 is 0 Å². The molecule has 0 spiro atoms. The van der Waals surface area contributed by atoms with E-state index in [9.17, 15) is 20.1 Å². The predicted molar refractivity (Wildman–Crippen MR) is 102 cm³/mol. The Morgan fingerprint density at radius 2 is 2.10 bits per heavy atom. The minimum absolute atomic E-state index is 0.122. The standard InChI is InChI=1S/C17H25N7O5/c1-2-19-15(28)12-10(26)11(27)16(29-12)24-6-20-9-13(18)22-17(23-14(9)24)21-7-4-3-5-8(7)25/h6-8,10-12,16,25-27H,2-5H2,1H3,(H,19,28)(H3,18,21,22,23)/t7-,8-,10+,11-,12+,16-/m1/s1. The average molecular weight is 407 g/mol. The van der Waals surface area contributed by atoms with E-state index in [1.54, 1.807) is 6.92 Å². The van der Waals surface area contributed by atoms with E-state index in [1.807, 2.05) is 0 Å². The van der Waals surface area contributed by atoms with Crippen molar-refractivity contribution in [3.8, 4) is 0 Å². The summed E-state index contributed by atoms with van der Waals surface area (Å²) in [5.41, 5.74) is 6.59. The summed E-state index contributed by atoms with van der Waals surface area (Å²) in [5.74, 6) is -0.175. The third kappa shape index (κ3) is 3.48. The van der Waals surface area contributed by atoms with Crippen LogP contribution in [0.5, 0.6) is 0 Å². The highest BCUT2D eigenvalue weighted by molar-refractivity contribution is 5.83. The Morgan fingerprint density at radius 1 is 1.31 bits per heavy atom. The second kappa shape index (κ2) is 7.71. The lowest BCUT2D eigenvalue weighted by Gasteiger charge is -2.18. The lowest BCUT2D eigenvalue weighted by atomic mass is 10.1. The van der Waals surface area contributed by atoms with Gasteiger partial charge in [0, 0.05) is 6.54 Å². The zero-order valence-corrected chi connectivity index (χ0v) is 15.9. The molecular weight excluding hydrogens is 382 g/mol. The summed E-state index contributed by atoms with van der Waals surface area (Å²) in [7, 11) is 0. The number of carbonyl (C=O) groups excluding carboxylic acids is 1. The highest BCUT2D eigenvalue weighted by Crippen LogP contribution is 2.33. The van der Waals surface area contributed by atoms with Crippen LogP contribution in [-0.2, 0) is 9.53 Å². The number of nitrogens with one attached hydrogen (secondary N) is 2. The molecule has 2 aromatic rings. The first kappa shape index (κ1) is 19.8. The maximum atomic E-state index is 12.1. The van der Waals surface area contributed by atoms with Crippen LogP contribution in [0.25, 0.3) is 11.2 Å². The van der Waals surface area contributed by atoms with Crippen LogP contribution in [-0.4, -0.2) is 77.7 Å². The Labute approximate surface area is 166 Å². The number of carbonyl (C=O) groups is 1. The van der Waals surface area contributed by atoms with Crippen molar-refractivity contribution in [1.82, 2.24) is 24.8 Å². The van der Waals surface area contributed by atoms with Crippen LogP contribution in [0.4, 0.5) is 11.8 Å². The van der Waals surface area contributed by atoms with Crippen LogP contribution in [0.2, 0.25) is 0 Å². The van der Waals surface area contributed by atoms with Gasteiger partial charge in [0.05, 0.1) is 18.5 Å². The van der Waals surface area contributed by atoms with Crippen molar-refractivity contribution in [2.75, 3.05) is 17.6 Å². The molecule has 0 unspecified atom stereocenters. The molecule has 7 N–H and O–H groups in total. The van der Waals surface area contributed by atoms with Gasteiger partial charge in [-0.25, -0.2) is 4.98 Å². The number of anilines is 2. The third-order valence-corrected chi connectivity index (χ3v) is 5.36. The minimum Gasteiger partial charge on any atom is -0.391 e. The van der Waals surface area contributed by atoms with Crippen LogP contribution in [0.15, 0.2) is 6.33 Å². The zero-order valence-electron chi connectivity index (χ0n) is 15.9. The van der Waals surface area contributed by atoms with Gasteiger partial charge in [0.25, 0.3) is 5.91 Å². The van der Waals surface area contributed by atoms with Crippen LogP contribution < -0.4 is 16.4 Å². The number of amides is 1. The predicted octanol–water partition coefficient (Wildman–Crippen LogP) is -1.51. The Bertz CT molecular complexity index is 906. The van der Waals surface area contributed by atoms with Crippen LogP contribution in [0.3, 0.4) is 0 Å².